The van der Waals surface area contributed by atoms with Crippen molar-refractivity contribution < 1.29 is 14.3 Å². The van der Waals surface area contributed by atoms with Crippen molar-refractivity contribution in [3.05, 3.63) is 63.5 Å². The van der Waals surface area contributed by atoms with E-state index in [4.69, 9.17) is 16.3 Å². The lowest BCUT2D eigenvalue weighted by atomic mass is 10.2. The molecule has 0 bridgehead atoms. The van der Waals surface area contributed by atoms with Crippen LogP contribution in [0.2, 0.25) is 5.02 Å². The highest BCUT2D eigenvalue weighted by Gasteiger charge is 2.36. The van der Waals surface area contributed by atoms with Gasteiger partial charge in [0.1, 0.15) is 5.75 Å². The standard InChI is InChI=1S/C26H30ClN3O3S/c1-3-4-15-33-23-8-6-5-7-20(23)16-24-25(31)30(26(32)34-24)18-28-11-13-29(14-12-28)21-10-9-19(2)22(27)17-21/h5-10,16-17H,3-4,11-15,18H2,1-2H3/b24-16+. The zero-order valence-electron chi connectivity index (χ0n) is 19.6. The minimum absolute atomic E-state index is 0.228. The maximum atomic E-state index is 13.0. The van der Waals surface area contributed by atoms with Gasteiger partial charge in [0.15, 0.2) is 0 Å². The SMILES string of the molecule is CCCCOc1ccccc1/C=C1/SC(=O)N(CN2CCN(c3ccc(C)c(Cl)c3)CC2)C1=O. The van der Waals surface area contributed by atoms with Crippen molar-refractivity contribution in [1.29, 1.82) is 0 Å². The third kappa shape index (κ3) is 5.77. The second kappa shape index (κ2) is 11.3. The number of amides is 2. The lowest BCUT2D eigenvalue weighted by Gasteiger charge is -2.37. The summed E-state index contributed by atoms with van der Waals surface area (Å²) in [5.74, 6) is 0.487. The molecule has 2 fully saturated rings. The van der Waals surface area contributed by atoms with Gasteiger partial charge in [-0.15, -0.1) is 0 Å². The van der Waals surface area contributed by atoms with Crippen LogP contribution in [0.3, 0.4) is 0 Å². The van der Waals surface area contributed by atoms with Crippen molar-refractivity contribution in [1.82, 2.24) is 9.80 Å². The van der Waals surface area contributed by atoms with E-state index in [-0.39, 0.29) is 11.1 Å². The van der Waals surface area contributed by atoms with Crippen molar-refractivity contribution in [3.8, 4) is 5.75 Å². The molecular formula is C26H30ClN3O3S. The van der Waals surface area contributed by atoms with E-state index in [1.54, 1.807) is 6.08 Å². The van der Waals surface area contributed by atoms with Crippen molar-refractivity contribution >= 4 is 46.3 Å². The number of nitrogens with zero attached hydrogens (tertiary/aromatic N) is 3. The van der Waals surface area contributed by atoms with Gasteiger partial charge in [0, 0.05) is 42.5 Å². The normalized spacial score (nSPS) is 18.3. The number of ether oxygens (including phenoxy) is 1. The monoisotopic (exact) mass is 499 g/mol. The highest BCUT2D eigenvalue weighted by Crippen LogP contribution is 2.34. The number of piperazine rings is 1. The van der Waals surface area contributed by atoms with E-state index in [9.17, 15) is 9.59 Å². The van der Waals surface area contributed by atoms with E-state index in [1.807, 2.05) is 43.3 Å². The zero-order chi connectivity index (χ0) is 24.1. The van der Waals surface area contributed by atoms with Gasteiger partial charge in [0.05, 0.1) is 18.2 Å². The highest BCUT2D eigenvalue weighted by atomic mass is 35.5. The molecule has 2 heterocycles. The van der Waals surface area contributed by atoms with Crippen LogP contribution in [-0.4, -0.2) is 60.4 Å². The summed E-state index contributed by atoms with van der Waals surface area (Å²) in [6.45, 7) is 8.20. The number of thioether (sulfide) groups is 1. The molecule has 4 rings (SSSR count). The van der Waals surface area contributed by atoms with E-state index in [2.05, 4.69) is 22.8 Å². The molecule has 0 N–H and O–H groups in total. The molecule has 0 radical (unpaired) electrons. The van der Waals surface area contributed by atoms with Crippen molar-refractivity contribution in [2.45, 2.75) is 26.7 Å². The fourth-order valence-electron chi connectivity index (χ4n) is 3.95. The molecule has 0 atom stereocenters. The second-order valence-corrected chi connectivity index (χ2v) is 9.93. The van der Waals surface area contributed by atoms with Gasteiger partial charge in [0.25, 0.3) is 11.1 Å². The number of hydrogen-bond donors (Lipinski definition) is 0. The zero-order valence-corrected chi connectivity index (χ0v) is 21.2. The fraction of sp³-hybridized carbons (Fsp3) is 0.385. The number of para-hydroxylation sites is 1. The number of aryl methyl sites for hydroxylation is 1. The summed E-state index contributed by atoms with van der Waals surface area (Å²) in [6.07, 6.45) is 3.79. The summed E-state index contributed by atoms with van der Waals surface area (Å²) < 4.78 is 5.87. The van der Waals surface area contributed by atoms with Gasteiger partial charge < -0.3 is 9.64 Å². The van der Waals surface area contributed by atoms with Crippen LogP contribution in [0.1, 0.15) is 30.9 Å². The molecule has 2 aromatic carbocycles. The maximum Gasteiger partial charge on any atom is 0.294 e. The Kier molecular flexibility index (Phi) is 8.19. The van der Waals surface area contributed by atoms with E-state index in [0.29, 0.717) is 18.2 Å². The Bertz CT molecular complexity index is 1080. The second-order valence-electron chi connectivity index (χ2n) is 8.53. The topological polar surface area (TPSA) is 53.1 Å². The molecule has 180 valence electrons. The van der Waals surface area contributed by atoms with E-state index in [1.165, 1.54) is 4.90 Å². The van der Waals surface area contributed by atoms with E-state index >= 15 is 0 Å². The molecule has 0 aliphatic carbocycles. The van der Waals surface area contributed by atoms with Crippen LogP contribution in [0.5, 0.6) is 5.75 Å². The summed E-state index contributed by atoms with van der Waals surface area (Å²) in [5.41, 5.74) is 2.98. The van der Waals surface area contributed by atoms with Crippen LogP contribution in [0.15, 0.2) is 47.4 Å². The Hall–Kier alpha value is -2.48. The van der Waals surface area contributed by atoms with Crippen LogP contribution in [0, 0.1) is 6.92 Å². The Balaban J connectivity index is 1.37. The number of carbonyl (C=O) groups is 2. The predicted octanol–water partition coefficient (Wildman–Crippen LogP) is 5.64. The predicted molar refractivity (Wildman–Crippen MR) is 139 cm³/mol. The number of rotatable bonds is 8. The van der Waals surface area contributed by atoms with E-state index in [0.717, 1.165) is 78.4 Å². The Morgan fingerprint density at radius 2 is 1.85 bits per heavy atom. The first kappa shape index (κ1) is 24.6. The number of unbranched alkanes of at least 4 members (excludes halogenated alkanes) is 1. The molecule has 8 heteroatoms. The molecule has 2 aliphatic rings. The van der Waals surface area contributed by atoms with Gasteiger partial charge in [0.2, 0.25) is 0 Å². The lowest BCUT2D eigenvalue weighted by Crippen LogP contribution is -2.50. The largest absolute Gasteiger partial charge is 0.493 e. The first-order valence-electron chi connectivity index (χ1n) is 11.7. The fourth-order valence-corrected chi connectivity index (χ4v) is 4.94. The van der Waals surface area contributed by atoms with Crippen LogP contribution in [0.25, 0.3) is 6.08 Å². The van der Waals surface area contributed by atoms with Gasteiger partial charge >= 0.3 is 0 Å². The number of halogens is 1. The highest BCUT2D eigenvalue weighted by molar-refractivity contribution is 8.18. The Labute approximate surface area is 210 Å². The van der Waals surface area contributed by atoms with Crippen LogP contribution >= 0.6 is 23.4 Å². The Morgan fingerprint density at radius 1 is 1.09 bits per heavy atom. The Morgan fingerprint density at radius 3 is 2.59 bits per heavy atom. The van der Waals surface area contributed by atoms with Gasteiger partial charge in [-0.1, -0.05) is 49.2 Å². The molecular weight excluding hydrogens is 470 g/mol. The van der Waals surface area contributed by atoms with Gasteiger partial charge in [-0.25, -0.2) is 0 Å². The molecule has 0 aromatic heterocycles. The van der Waals surface area contributed by atoms with Crippen LogP contribution in [-0.2, 0) is 4.79 Å². The molecule has 34 heavy (non-hydrogen) atoms. The summed E-state index contributed by atoms with van der Waals surface area (Å²) in [6, 6.07) is 13.7. The van der Waals surface area contributed by atoms with Crippen LogP contribution < -0.4 is 9.64 Å². The first-order chi connectivity index (χ1) is 16.5. The van der Waals surface area contributed by atoms with Crippen molar-refractivity contribution in [2.75, 3.05) is 44.4 Å². The molecule has 2 aromatic rings. The average molecular weight is 500 g/mol. The molecule has 2 saturated heterocycles. The number of benzene rings is 2. The number of carbonyl (C=O) groups excluding carboxylic acids is 2. The van der Waals surface area contributed by atoms with Gasteiger partial charge in [-0.05, 0) is 54.9 Å². The molecule has 6 nitrogen and oxygen atoms in total. The van der Waals surface area contributed by atoms with Gasteiger partial charge in [-0.2, -0.15) is 0 Å². The maximum absolute atomic E-state index is 13.0. The molecule has 0 saturated carbocycles. The van der Waals surface area contributed by atoms with Gasteiger partial charge in [-0.3, -0.25) is 19.4 Å². The van der Waals surface area contributed by atoms with E-state index < -0.39 is 0 Å². The third-order valence-corrected chi connectivity index (χ3v) is 7.38. The van der Waals surface area contributed by atoms with Crippen molar-refractivity contribution in [3.63, 3.8) is 0 Å². The summed E-state index contributed by atoms with van der Waals surface area (Å²) >= 11 is 7.28. The lowest BCUT2D eigenvalue weighted by molar-refractivity contribution is -0.124. The molecule has 0 spiro atoms. The quantitative estimate of drug-likeness (QED) is 0.346. The first-order valence-corrected chi connectivity index (χ1v) is 12.9. The minimum Gasteiger partial charge on any atom is -0.493 e. The smallest absolute Gasteiger partial charge is 0.294 e. The summed E-state index contributed by atoms with van der Waals surface area (Å²) in [5, 5.41) is 0.537. The number of imide groups is 1. The summed E-state index contributed by atoms with van der Waals surface area (Å²) in [4.78, 5) is 31.9. The molecule has 2 aliphatic heterocycles. The summed E-state index contributed by atoms with van der Waals surface area (Å²) in [7, 11) is 0. The van der Waals surface area contributed by atoms with Crippen molar-refractivity contribution in [2.24, 2.45) is 0 Å². The molecule has 2 amide bonds. The minimum atomic E-state index is -0.244. The van der Waals surface area contributed by atoms with Crippen LogP contribution in [0.4, 0.5) is 10.5 Å². The third-order valence-electron chi connectivity index (χ3n) is 6.07. The number of hydrogen-bond acceptors (Lipinski definition) is 6. The molecule has 0 unspecified atom stereocenters. The average Bonchev–Trinajstić information content (AvgIpc) is 3.10. The number of anilines is 1.